The van der Waals surface area contributed by atoms with Crippen LogP contribution in [0.3, 0.4) is 0 Å². The van der Waals surface area contributed by atoms with Crippen LogP contribution >= 0.6 is 15.9 Å². The van der Waals surface area contributed by atoms with Gasteiger partial charge in [-0.05, 0) is 41.8 Å². The third-order valence-electron chi connectivity index (χ3n) is 4.56. The Balaban J connectivity index is 1.69. The summed E-state index contributed by atoms with van der Waals surface area (Å²) in [5.41, 5.74) is 1.56. The third kappa shape index (κ3) is 2.98. The second kappa shape index (κ2) is 6.43. The molecule has 0 unspecified atom stereocenters. The summed E-state index contributed by atoms with van der Waals surface area (Å²) in [6.07, 6.45) is 4.79. The van der Waals surface area contributed by atoms with Gasteiger partial charge in [-0.15, -0.1) is 0 Å². The minimum absolute atomic E-state index is 0.0186. The maximum Gasteiger partial charge on any atom is 0.339 e. The summed E-state index contributed by atoms with van der Waals surface area (Å²) < 4.78 is 4.48. The highest BCUT2D eigenvalue weighted by atomic mass is 79.9. The number of aromatic nitrogens is 3. The standard InChI is InChI=1S/C16H19BrN4O3/c1-10-13(16(23)24)8-18-21(10)12-3-5-20(6-4-12)15(22)14-7-11(17)9-19(14)2/h7-9,12H,3-6H2,1-2H3,(H,23,24). The van der Waals surface area contributed by atoms with Crippen molar-refractivity contribution < 1.29 is 14.7 Å². The normalized spacial score (nSPS) is 15.7. The van der Waals surface area contributed by atoms with Crippen LogP contribution in [-0.2, 0) is 7.05 Å². The van der Waals surface area contributed by atoms with Gasteiger partial charge in [-0.3, -0.25) is 9.48 Å². The first kappa shape index (κ1) is 16.8. The average Bonchev–Trinajstić information content (AvgIpc) is 3.09. The molecular weight excluding hydrogens is 376 g/mol. The second-order valence-corrected chi connectivity index (χ2v) is 6.99. The Morgan fingerprint density at radius 3 is 2.50 bits per heavy atom. The summed E-state index contributed by atoms with van der Waals surface area (Å²) in [6, 6.07) is 1.95. The van der Waals surface area contributed by atoms with Crippen molar-refractivity contribution in [3.8, 4) is 0 Å². The summed E-state index contributed by atoms with van der Waals surface area (Å²) in [4.78, 5) is 25.6. The van der Waals surface area contributed by atoms with E-state index < -0.39 is 5.97 Å². The summed E-state index contributed by atoms with van der Waals surface area (Å²) in [6.45, 7) is 3.04. The monoisotopic (exact) mass is 394 g/mol. The molecule has 1 amide bonds. The number of carboxylic acids is 1. The van der Waals surface area contributed by atoms with Crippen LogP contribution in [-0.4, -0.2) is 49.3 Å². The third-order valence-corrected chi connectivity index (χ3v) is 5.00. The van der Waals surface area contributed by atoms with Crippen molar-refractivity contribution in [1.82, 2.24) is 19.2 Å². The minimum atomic E-state index is -0.958. The van der Waals surface area contributed by atoms with Crippen LogP contribution in [0.2, 0.25) is 0 Å². The molecule has 7 nitrogen and oxygen atoms in total. The molecule has 0 radical (unpaired) electrons. The van der Waals surface area contributed by atoms with Crippen molar-refractivity contribution in [2.24, 2.45) is 7.05 Å². The van der Waals surface area contributed by atoms with Crippen LogP contribution in [0.5, 0.6) is 0 Å². The van der Waals surface area contributed by atoms with E-state index in [-0.39, 0.29) is 17.5 Å². The maximum absolute atomic E-state index is 12.6. The van der Waals surface area contributed by atoms with Gasteiger partial charge in [-0.25, -0.2) is 4.79 Å². The molecule has 0 saturated carbocycles. The molecule has 0 spiro atoms. The number of halogens is 1. The molecule has 0 aliphatic carbocycles. The highest BCUT2D eigenvalue weighted by Crippen LogP contribution is 2.26. The van der Waals surface area contributed by atoms with Crippen molar-refractivity contribution in [3.63, 3.8) is 0 Å². The smallest absolute Gasteiger partial charge is 0.339 e. The molecule has 0 atom stereocenters. The van der Waals surface area contributed by atoms with Gasteiger partial charge >= 0.3 is 5.97 Å². The van der Waals surface area contributed by atoms with E-state index in [1.807, 2.05) is 28.8 Å². The molecule has 1 aliphatic rings. The predicted molar refractivity (Wildman–Crippen MR) is 91.2 cm³/mol. The van der Waals surface area contributed by atoms with E-state index in [0.29, 0.717) is 24.5 Å². The number of likely N-dealkylation sites (tertiary alicyclic amines) is 1. The number of carbonyl (C=O) groups excluding carboxylic acids is 1. The van der Waals surface area contributed by atoms with E-state index in [0.717, 1.165) is 17.3 Å². The molecule has 1 N–H and O–H groups in total. The molecule has 2 aromatic heterocycles. The lowest BCUT2D eigenvalue weighted by atomic mass is 10.0. The van der Waals surface area contributed by atoms with Gasteiger partial charge in [0.1, 0.15) is 11.3 Å². The highest BCUT2D eigenvalue weighted by Gasteiger charge is 2.28. The van der Waals surface area contributed by atoms with Gasteiger partial charge in [0.25, 0.3) is 5.91 Å². The number of piperidine rings is 1. The van der Waals surface area contributed by atoms with Crippen LogP contribution < -0.4 is 0 Å². The van der Waals surface area contributed by atoms with Crippen molar-refractivity contribution in [2.45, 2.75) is 25.8 Å². The van der Waals surface area contributed by atoms with Gasteiger partial charge in [0, 0.05) is 30.8 Å². The first-order valence-corrected chi connectivity index (χ1v) is 8.56. The van der Waals surface area contributed by atoms with E-state index in [2.05, 4.69) is 21.0 Å². The van der Waals surface area contributed by atoms with Gasteiger partial charge in [0.2, 0.25) is 0 Å². The lowest BCUT2D eigenvalue weighted by molar-refractivity contribution is 0.0679. The molecule has 3 rings (SSSR count). The number of rotatable bonds is 3. The van der Waals surface area contributed by atoms with E-state index in [4.69, 9.17) is 5.11 Å². The van der Waals surface area contributed by atoms with Gasteiger partial charge < -0.3 is 14.6 Å². The van der Waals surface area contributed by atoms with Crippen molar-refractivity contribution in [1.29, 1.82) is 0 Å². The molecule has 1 saturated heterocycles. The topological polar surface area (TPSA) is 80.4 Å². The minimum Gasteiger partial charge on any atom is -0.478 e. The van der Waals surface area contributed by atoms with Crippen LogP contribution in [0.1, 0.15) is 45.4 Å². The molecule has 8 heteroatoms. The summed E-state index contributed by atoms with van der Waals surface area (Å²) in [5, 5.41) is 13.4. The molecule has 24 heavy (non-hydrogen) atoms. The van der Waals surface area contributed by atoms with Crippen LogP contribution in [0.25, 0.3) is 0 Å². The molecule has 1 fully saturated rings. The fourth-order valence-corrected chi connectivity index (χ4v) is 3.74. The number of nitrogens with zero attached hydrogens (tertiary/aromatic N) is 4. The van der Waals surface area contributed by atoms with Crippen LogP contribution in [0.15, 0.2) is 22.9 Å². The summed E-state index contributed by atoms with van der Waals surface area (Å²) >= 11 is 3.39. The Morgan fingerprint density at radius 1 is 1.33 bits per heavy atom. The number of amides is 1. The Labute approximate surface area is 148 Å². The first-order valence-electron chi connectivity index (χ1n) is 7.77. The Morgan fingerprint density at radius 2 is 2.00 bits per heavy atom. The predicted octanol–water partition coefficient (Wildman–Crippen LogP) is 2.47. The molecular formula is C16H19BrN4O3. The number of hydrogen-bond acceptors (Lipinski definition) is 3. The number of carboxylic acid groups (broad SMARTS) is 1. The molecule has 1 aliphatic heterocycles. The van der Waals surface area contributed by atoms with Gasteiger partial charge in [-0.2, -0.15) is 5.10 Å². The number of aryl methyl sites for hydroxylation is 1. The van der Waals surface area contributed by atoms with Crippen LogP contribution in [0, 0.1) is 6.92 Å². The number of carbonyl (C=O) groups is 2. The summed E-state index contributed by atoms with van der Waals surface area (Å²) in [7, 11) is 1.85. The fourth-order valence-electron chi connectivity index (χ4n) is 3.21. The second-order valence-electron chi connectivity index (χ2n) is 6.07. The molecule has 0 bridgehead atoms. The van der Waals surface area contributed by atoms with Gasteiger partial charge in [0.05, 0.1) is 17.9 Å². The van der Waals surface area contributed by atoms with Crippen LogP contribution in [0.4, 0.5) is 0 Å². The first-order chi connectivity index (χ1) is 11.4. The molecule has 128 valence electrons. The van der Waals surface area contributed by atoms with Gasteiger partial charge in [-0.1, -0.05) is 0 Å². The largest absolute Gasteiger partial charge is 0.478 e. The molecule has 2 aromatic rings. The zero-order chi connectivity index (χ0) is 17.4. The van der Waals surface area contributed by atoms with Gasteiger partial charge in [0.15, 0.2) is 0 Å². The number of hydrogen-bond donors (Lipinski definition) is 1. The molecule has 0 aromatic carbocycles. The lowest BCUT2D eigenvalue weighted by Gasteiger charge is -2.32. The van der Waals surface area contributed by atoms with E-state index in [1.54, 1.807) is 11.6 Å². The van der Waals surface area contributed by atoms with Crippen molar-refractivity contribution in [3.05, 3.63) is 39.9 Å². The Hall–Kier alpha value is -2.09. The van der Waals surface area contributed by atoms with E-state index >= 15 is 0 Å². The average molecular weight is 395 g/mol. The molecule has 3 heterocycles. The van der Waals surface area contributed by atoms with E-state index in [9.17, 15) is 9.59 Å². The Bertz CT molecular complexity index is 787. The van der Waals surface area contributed by atoms with Crippen molar-refractivity contribution in [2.75, 3.05) is 13.1 Å². The summed E-state index contributed by atoms with van der Waals surface area (Å²) in [5.74, 6) is -0.939. The maximum atomic E-state index is 12.6. The van der Waals surface area contributed by atoms with E-state index in [1.165, 1.54) is 6.20 Å². The zero-order valence-corrected chi connectivity index (χ0v) is 15.2. The van der Waals surface area contributed by atoms with Crippen molar-refractivity contribution >= 4 is 27.8 Å². The zero-order valence-electron chi connectivity index (χ0n) is 13.6. The Kier molecular flexibility index (Phi) is 4.49. The fraction of sp³-hybridized carbons (Fsp3) is 0.438. The highest BCUT2D eigenvalue weighted by molar-refractivity contribution is 9.10. The lowest BCUT2D eigenvalue weighted by Crippen LogP contribution is -2.40. The SMILES string of the molecule is Cc1c(C(=O)O)cnn1C1CCN(C(=O)c2cc(Br)cn2C)CC1. The quantitative estimate of drug-likeness (QED) is 0.866. The number of aromatic carboxylic acids is 1.